The van der Waals surface area contributed by atoms with Gasteiger partial charge in [0.25, 0.3) is 11.8 Å². The van der Waals surface area contributed by atoms with E-state index in [1.165, 1.54) is 4.88 Å². The Balaban J connectivity index is 1.62. The molecule has 0 radical (unpaired) electrons. The summed E-state index contributed by atoms with van der Waals surface area (Å²) in [7, 11) is 0. The van der Waals surface area contributed by atoms with Crippen LogP contribution in [0.4, 0.5) is 5.69 Å². The summed E-state index contributed by atoms with van der Waals surface area (Å²) in [4.78, 5) is 26.3. The van der Waals surface area contributed by atoms with Gasteiger partial charge in [0.15, 0.2) is 0 Å². The quantitative estimate of drug-likeness (QED) is 0.667. The summed E-state index contributed by atoms with van der Waals surface area (Å²) >= 11 is 8.02. The Hall–Kier alpha value is -1.85. The number of thiophene rings is 1. The molecule has 1 aliphatic heterocycles. The molecule has 0 saturated carbocycles. The Bertz CT molecular complexity index is 690. The van der Waals surface area contributed by atoms with E-state index in [9.17, 15) is 9.59 Å². The zero-order chi connectivity index (χ0) is 16.3. The number of alkyl halides is 1. The van der Waals surface area contributed by atoms with Crippen molar-refractivity contribution < 1.29 is 9.59 Å². The van der Waals surface area contributed by atoms with E-state index in [2.05, 4.69) is 5.32 Å². The van der Waals surface area contributed by atoms with E-state index < -0.39 is 10.8 Å². The van der Waals surface area contributed by atoms with Gasteiger partial charge in [-0.25, -0.2) is 0 Å². The van der Waals surface area contributed by atoms with Gasteiger partial charge in [-0.2, -0.15) is 0 Å². The van der Waals surface area contributed by atoms with Gasteiger partial charge < -0.3 is 10.2 Å². The number of benzene rings is 1. The van der Waals surface area contributed by atoms with Crippen molar-refractivity contribution in [3.8, 4) is 0 Å². The monoisotopic (exact) mass is 348 g/mol. The number of nitrogens with zero attached hydrogens (tertiary/aromatic N) is 1. The standard InChI is InChI=1S/C17H17ClN2O2S/c18-17(15(21)19-10-8-14-7-4-12-23-14)9-11-20(16(17)22)13-5-2-1-3-6-13/h1-7,12H,8-11H2,(H,19,21)/t17-/m0/s1. The number of halogens is 1. The molecular weight excluding hydrogens is 332 g/mol. The van der Waals surface area contributed by atoms with E-state index >= 15 is 0 Å². The molecule has 1 atom stereocenters. The topological polar surface area (TPSA) is 49.4 Å². The first-order valence-electron chi connectivity index (χ1n) is 7.48. The number of nitrogens with one attached hydrogen (secondary N) is 1. The largest absolute Gasteiger partial charge is 0.354 e. The fourth-order valence-electron chi connectivity index (χ4n) is 2.65. The minimum absolute atomic E-state index is 0.313. The van der Waals surface area contributed by atoms with Crippen molar-refractivity contribution >= 4 is 40.4 Å². The van der Waals surface area contributed by atoms with Gasteiger partial charge in [0.05, 0.1) is 0 Å². The smallest absolute Gasteiger partial charge is 0.257 e. The molecular formula is C17H17ClN2O2S. The molecule has 2 amide bonds. The number of anilines is 1. The number of hydrogen-bond donors (Lipinski definition) is 1. The SMILES string of the molecule is O=C(NCCc1cccs1)[C@@]1(Cl)CCN(c2ccccc2)C1=O. The van der Waals surface area contributed by atoms with E-state index in [1.54, 1.807) is 16.2 Å². The molecule has 23 heavy (non-hydrogen) atoms. The van der Waals surface area contributed by atoms with Crippen molar-refractivity contribution in [2.75, 3.05) is 18.0 Å². The van der Waals surface area contributed by atoms with Crippen LogP contribution in [-0.4, -0.2) is 29.8 Å². The minimum Gasteiger partial charge on any atom is -0.354 e. The second-order valence-electron chi connectivity index (χ2n) is 5.43. The number of hydrogen-bond acceptors (Lipinski definition) is 3. The normalized spacial score (nSPS) is 20.7. The third kappa shape index (κ3) is 3.26. The summed E-state index contributed by atoms with van der Waals surface area (Å²) in [5, 5.41) is 4.79. The summed E-state index contributed by atoms with van der Waals surface area (Å²) in [6, 6.07) is 13.3. The van der Waals surface area contributed by atoms with Gasteiger partial charge in [-0.05, 0) is 30.0 Å². The van der Waals surface area contributed by atoms with Crippen LogP contribution in [0.5, 0.6) is 0 Å². The van der Waals surface area contributed by atoms with Crippen LogP contribution in [0.3, 0.4) is 0 Å². The molecule has 0 unspecified atom stereocenters. The van der Waals surface area contributed by atoms with Gasteiger partial charge in [0.2, 0.25) is 4.87 Å². The Kier molecular flexibility index (Phi) is 4.68. The molecule has 1 aliphatic rings. The predicted molar refractivity (Wildman–Crippen MR) is 93.0 cm³/mol. The molecule has 1 aromatic carbocycles. The van der Waals surface area contributed by atoms with Crippen molar-refractivity contribution in [1.29, 1.82) is 0 Å². The molecule has 2 aromatic rings. The first-order valence-corrected chi connectivity index (χ1v) is 8.73. The molecule has 0 bridgehead atoms. The van der Waals surface area contributed by atoms with E-state index in [4.69, 9.17) is 11.6 Å². The van der Waals surface area contributed by atoms with Crippen LogP contribution < -0.4 is 10.2 Å². The van der Waals surface area contributed by atoms with Gasteiger partial charge in [-0.3, -0.25) is 9.59 Å². The molecule has 1 fully saturated rings. The van der Waals surface area contributed by atoms with Crippen molar-refractivity contribution in [3.05, 3.63) is 52.7 Å². The van der Waals surface area contributed by atoms with Crippen molar-refractivity contribution in [1.82, 2.24) is 5.32 Å². The van der Waals surface area contributed by atoms with E-state index in [1.807, 2.05) is 47.8 Å². The molecule has 1 N–H and O–H groups in total. The number of carbonyl (C=O) groups is 2. The first-order chi connectivity index (χ1) is 11.1. The summed E-state index contributed by atoms with van der Waals surface area (Å²) in [5.74, 6) is -0.752. The Morgan fingerprint density at radius 3 is 2.74 bits per heavy atom. The second-order valence-corrected chi connectivity index (χ2v) is 7.11. The number of amides is 2. The van der Waals surface area contributed by atoms with Crippen LogP contribution in [0.25, 0.3) is 0 Å². The fourth-order valence-corrected chi connectivity index (χ4v) is 3.61. The van der Waals surface area contributed by atoms with Crippen LogP contribution in [0, 0.1) is 0 Å². The summed E-state index contributed by atoms with van der Waals surface area (Å²) in [6.45, 7) is 0.928. The van der Waals surface area contributed by atoms with Gasteiger partial charge in [-0.1, -0.05) is 35.9 Å². The second kappa shape index (κ2) is 6.72. The van der Waals surface area contributed by atoms with Gasteiger partial charge >= 0.3 is 0 Å². The van der Waals surface area contributed by atoms with Crippen LogP contribution in [-0.2, 0) is 16.0 Å². The predicted octanol–water partition coefficient (Wildman–Crippen LogP) is 2.82. The third-order valence-corrected chi connectivity index (χ3v) is 5.39. The lowest BCUT2D eigenvalue weighted by atomic mass is 10.1. The van der Waals surface area contributed by atoms with Gasteiger partial charge in [0.1, 0.15) is 0 Å². The number of para-hydroxylation sites is 1. The van der Waals surface area contributed by atoms with E-state index in [0.717, 1.165) is 12.1 Å². The highest BCUT2D eigenvalue weighted by Gasteiger charge is 2.51. The van der Waals surface area contributed by atoms with Gasteiger partial charge in [-0.15, -0.1) is 11.3 Å². The van der Waals surface area contributed by atoms with Crippen molar-refractivity contribution in [2.24, 2.45) is 0 Å². The zero-order valence-corrected chi connectivity index (χ0v) is 14.1. The molecule has 120 valence electrons. The fraction of sp³-hybridized carbons (Fsp3) is 0.294. The maximum atomic E-state index is 12.6. The average Bonchev–Trinajstić information content (AvgIpc) is 3.18. The first kappa shape index (κ1) is 16.0. The maximum absolute atomic E-state index is 12.6. The van der Waals surface area contributed by atoms with Crippen LogP contribution in [0.2, 0.25) is 0 Å². The summed E-state index contributed by atoms with van der Waals surface area (Å²) in [6.07, 6.45) is 1.06. The molecule has 2 heterocycles. The maximum Gasteiger partial charge on any atom is 0.257 e. The molecule has 3 rings (SSSR count). The summed E-state index contributed by atoms with van der Waals surface area (Å²) < 4.78 is 0. The lowest BCUT2D eigenvalue weighted by Crippen LogP contribution is -2.49. The third-order valence-electron chi connectivity index (χ3n) is 3.93. The zero-order valence-electron chi connectivity index (χ0n) is 12.5. The molecule has 4 nitrogen and oxygen atoms in total. The van der Waals surface area contributed by atoms with Crippen molar-refractivity contribution in [2.45, 2.75) is 17.7 Å². The van der Waals surface area contributed by atoms with Crippen LogP contribution in [0.15, 0.2) is 47.8 Å². The Morgan fingerprint density at radius 1 is 1.26 bits per heavy atom. The van der Waals surface area contributed by atoms with Crippen molar-refractivity contribution in [3.63, 3.8) is 0 Å². The number of carbonyl (C=O) groups excluding carboxylic acids is 2. The van der Waals surface area contributed by atoms with E-state index in [-0.39, 0.29) is 5.91 Å². The van der Waals surface area contributed by atoms with Crippen LogP contribution in [0.1, 0.15) is 11.3 Å². The molecule has 1 aromatic heterocycles. The van der Waals surface area contributed by atoms with Crippen LogP contribution >= 0.6 is 22.9 Å². The highest BCUT2D eigenvalue weighted by atomic mass is 35.5. The lowest BCUT2D eigenvalue weighted by Gasteiger charge is -2.21. The molecule has 0 aliphatic carbocycles. The Labute approximate surface area is 144 Å². The highest BCUT2D eigenvalue weighted by molar-refractivity contribution is 7.09. The minimum atomic E-state index is -1.49. The molecule has 1 saturated heterocycles. The number of rotatable bonds is 5. The average molecular weight is 349 g/mol. The summed E-state index contributed by atoms with van der Waals surface area (Å²) in [5.41, 5.74) is 0.770. The highest BCUT2D eigenvalue weighted by Crippen LogP contribution is 2.33. The lowest BCUT2D eigenvalue weighted by molar-refractivity contribution is -0.130. The van der Waals surface area contributed by atoms with E-state index in [0.29, 0.717) is 19.5 Å². The molecule has 6 heteroatoms. The van der Waals surface area contributed by atoms with Gasteiger partial charge in [0, 0.05) is 30.1 Å². The molecule has 0 spiro atoms. The Morgan fingerprint density at radius 2 is 2.04 bits per heavy atom.